The molecule has 1 aliphatic rings. The third-order valence-corrected chi connectivity index (χ3v) is 3.90. The van der Waals surface area contributed by atoms with E-state index < -0.39 is 0 Å². The molecule has 0 bridgehead atoms. The molecule has 102 valence electrons. The minimum absolute atomic E-state index is 0.158. The molecule has 1 aliphatic carbocycles. The predicted octanol–water partition coefficient (Wildman–Crippen LogP) is 2.38. The number of rotatable bonds is 4. The van der Waals surface area contributed by atoms with Gasteiger partial charge in [-0.2, -0.15) is 5.10 Å². The Bertz CT molecular complexity index is 547. The van der Waals surface area contributed by atoms with Gasteiger partial charge < -0.3 is 5.32 Å². The predicted molar refractivity (Wildman–Crippen MR) is 77.3 cm³/mol. The first-order chi connectivity index (χ1) is 9.11. The van der Waals surface area contributed by atoms with Crippen LogP contribution >= 0.6 is 11.6 Å². The van der Waals surface area contributed by atoms with Crippen LogP contribution in [-0.4, -0.2) is 16.3 Å². The van der Waals surface area contributed by atoms with E-state index in [0.29, 0.717) is 16.6 Å². The van der Waals surface area contributed by atoms with E-state index in [1.165, 1.54) is 30.1 Å². The summed E-state index contributed by atoms with van der Waals surface area (Å²) in [7, 11) is 0. The van der Waals surface area contributed by atoms with Gasteiger partial charge in [0.05, 0.1) is 11.2 Å². The van der Waals surface area contributed by atoms with E-state index in [-0.39, 0.29) is 12.1 Å². The summed E-state index contributed by atoms with van der Waals surface area (Å²) in [6, 6.07) is 0. The van der Waals surface area contributed by atoms with E-state index in [0.717, 1.165) is 12.5 Å². The standard InChI is InChI=1S/C14H18ClN3O/c1-3-6-18-14(19)13(12(15)9-17-18)16-8-11-5-4-10(2)7-11/h1,9-11,16H,4-8H2,2H3. The van der Waals surface area contributed by atoms with Crippen LogP contribution in [0.15, 0.2) is 11.0 Å². The van der Waals surface area contributed by atoms with Gasteiger partial charge in [0, 0.05) is 6.54 Å². The van der Waals surface area contributed by atoms with E-state index in [4.69, 9.17) is 18.0 Å². The Morgan fingerprint density at radius 1 is 1.63 bits per heavy atom. The van der Waals surface area contributed by atoms with E-state index in [1.807, 2.05) is 0 Å². The Morgan fingerprint density at radius 2 is 2.42 bits per heavy atom. The first kappa shape index (κ1) is 14.0. The van der Waals surface area contributed by atoms with E-state index in [9.17, 15) is 4.79 Å². The van der Waals surface area contributed by atoms with Crippen molar-refractivity contribution < 1.29 is 0 Å². The van der Waals surface area contributed by atoms with Gasteiger partial charge in [-0.3, -0.25) is 4.79 Å². The first-order valence-electron chi connectivity index (χ1n) is 6.54. The summed E-state index contributed by atoms with van der Waals surface area (Å²) in [6.45, 7) is 3.20. The van der Waals surface area contributed by atoms with Gasteiger partial charge in [0.1, 0.15) is 12.2 Å². The molecule has 1 heterocycles. The maximum absolute atomic E-state index is 12.1. The van der Waals surface area contributed by atoms with Gasteiger partial charge in [-0.15, -0.1) is 6.42 Å². The number of nitrogens with zero attached hydrogens (tertiary/aromatic N) is 2. The number of hydrogen-bond donors (Lipinski definition) is 1. The lowest BCUT2D eigenvalue weighted by atomic mass is 10.1. The molecule has 0 aromatic carbocycles. The molecule has 1 aromatic heterocycles. The second-order valence-corrected chi connectivity index (χ2v) is 5.61. The average Bonchev–Trinajstić information content (AvgIpc) is 2.79. The van der Waals surface area contributed by atoms with Gasteiger partial charge in [0.15, 0.2) is 0 Å². The first-order valence-corrected chi connectivity index (χ1v) is 6.92. The van der Waals surface area contributed by atoms with Crippen LogP contribution < -0.4 is 10.9 Å². The van der Waals surface area contributed by atoms with Crippen molar-refractivity contribution in [2.45, 2.75) is 32.7 Å². The molecule has 0 radical (unpaired) electrons. The molecule has 2 unspecified atom stereocenters. The molecule has 0 aliphatic heterocycles. The van der Waals surface area contributed by atoms with E-state index >= 15 is 0 Å². The maximum Gasteiger partial charge on any atom is 0.292 e. The fourth-order valence-electron chi connectivity index (χ4n) is 2.58. The van der Waals surface area contributed by atoms with E-state index in [2.05, 4.69) is 23.3 Å². The van der Waals surface area contributed by atoms with Gasteiger partial charge in [-0.1, -0.05) is 30.9 Å². The third kappa shape index (κ3) is 3.30. The zero-order valence-corrected chi connectivity index (χ0v) is 11.8. The van der Waals surface area contributed by atoms with Crippen molar-refractivity contribution in [1.82, 2.24) is 9.78 Å². The summed E-state index contributed by atoms with van der Waals surface area (Å²) in [5, 5.41) is 7.43. The summed E-state index contributed by atoms with van der Waals surface area (Å²) in [6.07, 6.45) is 10.3. The van der Waals surface area contributed by atoms with Crippen LogP contribution in [0.25, 0.3) is 0 Å². The molecule has 1 aromatic rings. The summed E-state index contributed by atoms with van der Waals surface area (Å²) >= 11 is 6.03. The van der Waals surface area contributed by atoms with Crippen molar-refractivity contribution in [2.24, 2.45) is 11.8 Å². The minimum Gasteiger partial charge on any atom is -0.379 e. The zero-order valence-electron chi connectivity index (χ0n) is 11.0. The second-order valence-electron chi connectivity index (χ2n) is 5.20. The Kier molecular flexibility index (Phi) is 4.49. The lowest BCUT2D eigenvalue weighted by molar-refractivity contribution is 0.536. The summed E-state index contributed by atoms with van der Waals surface area (Å²) in [4.78, 5) is 12.1. The summed E-state index contributed by atoms with van der Waals surface area (Å²) in [5.41, 5.74) is 0.156. The highest BCUT2D eigenvalue weighted by atomic mass is 35.5. The summed E-state index contributed by atoms with van der Waals surface area (Å²) < 4.78 is 1.24. The second kappa shape index (κ2) is 6.12. The van der Waals surface area contributed by atoms with Crippen LogP contribution in [0.5, 0.6) is 0 Å². The van der Waals surface area contributed by atoms with Crippen LogP contribution in [0, 0.1) is 24.2 Å². The Labute approximate surface area is 118 Å². The maximum atomic E-state index is 12.1. The molecule has 0 saturated heterocycles. The number of aromatic nitrogens is 2. The Morgan fingerprint density at radius 3 is 3.05 bits per heavy atom. The van der Waals surface area contributed by atoms with Gasteiger partial charge >= 0.3 is 0 Å². The van der Waals surface area contributed by atoms with Crippen molar-refractivity contribution >= 4 is 17.3 Å². The van der Waals surface area contributed by atoms with Crippen LogP contribution in [0.2, 0.25) is 5.02 Å². The average molecular weight is 280 g/mol. The van der Waals surface area contributed by atoms with E-state index in [1.54, 1.807) is 0 Å². The largest absolute Gasteiger partial charge is 0.379 e. The van der Waals surface area contributed by atoms with Gasteiger partial charge in [0.2, 0.25) is 0 Å². The highest BCUT2D eigenvalue weighted by Gasteiger charge is 2.21. The minimum atomic E-state index is -0.253. The fraction of sp³-hybridized carbons (Fsp3) is 0.571. The number of anilines is 1. The zero-order chi connectivity index (χ0) is 13.8. The number of nitrogens with one attached hydrogen (secondary N) is 1. The summed E-state index contributed by atoms with van der Waals surface area (Å²) in [5.74, 6) is 3.79. The smallest absolute Gasteiger partial charge is 0.292 e. The number of terminal acetylenes is 1. The molecule has 2 atom stereocenters. The quantitative estimate of drug-likeness (QED) is 0.861. The normalized spacial score (nSPS) is 22.2. The molecule has 4 nitrogen and oxygen atoms in total. The third-order valence-electron chi connectivity index (χ3n) is 3.61. The van der Waals surface area contributed by atoms with Crippen molar-refractivity contribution in [3.05, 3.63) is 21.6 Å². The molecule has 1 saturated carbocycles. The van der Waals surface area contributed by atoms with Crippen molar-refractivity contribution in [2.75, 3.05) is 11.9 Å². The molecule has 1 fully saturated rings. The molecule has 19 heavy (non-hydrogen) atoms. The van der Waals surface area contributed by atoms with Gasteiger partial charge in [0.25, 0.3) is 5.56 Å². The lowest BCUT2D eigenvalue weighted by Gasteiger charge is -2.13. The molecular formula is C14H18ClN3O. The molecule has 5 heteroatoms. The number of hydrogen-bond acceptors (Lipinski definition) is 3. The topological polar surface area (TPSA) is 46.9 Å². The molecule has 2 rings (SSSR count). The lowest BCUT2D eigenvalue weighted by Crippen LogP contribution is -2.27. The van der Waals surface area contributed by atoms with Gasteiger partial charge in [-0.05, 0) is 24.7 Å². The van der Waals surface area contributed by atoms with Crippen molar-refractivity contribution in [3.8, 4) is 12.3 Å². The molecule has 1 N–H and O–H groups in total. The Hall–Kier alpha value is -1.47. The highest BCUT2D eigenvalue weighted by Crippen LogP contribution is 2.30. The molecule has 0 amide bonds. The van der Waals surface area contributed by atoms with Crippen molar-refractivity contribution in [1.29, 1.82) is 0 Å². The van der Waals surface area contributed by atoms with Gasteiger partial charge in [-0.25, -0.2) is 4.68 Å². The SMILES string of the molecule is C#CCn1ncc(Cl)c(NCC2CCC(C)C2)c1=O. The van der Waals surface area contributed by atoms with Crippen LogP contribution in [0.3, 0.4) is 0 Å². The fourth-order valence-corrected chi connectivity index (χ4v) is 2.78. The van der Waals surface area contributed by atoms with Crippen LogP contribution in [-0.2, 0) is 6.54 Å². The molecule has 0 spiro atoms. The van der Waals surface area contributed by atoms with Crippen molar-refractivity contribution in [3.63, 3.8) is 0 Å². The Balaban J connectivity index is 2.09. The molecular weight excluding hydrogens is 262 g/mol. The monoisotopic (exact) mass is 279 g/mol. The highest BCUT2D eigenvalue weighted by molar-refractivity contribution is 6.32. The van der Waals surface area contributed by atoms with Crippen LogP contribution in [0.1, 0.15) is 26.2 Å². The number of halogens is 1. The van der Waals surface area contributed by atoms with Crippen LogP contribution in [0.4, 0.5) is 5.69 Å².